The van der Waals surface area contributed by atoms with Crippen LogP contribution in [-0.2, 0) is 0 Å². The lowest BCUT2D eigenvalue weighted by molar-refractivity contribution is -0.780. The lowest BCUT2D eigenvalue weighted by Gasteiger charge is -2.15. The van der Waals surface area contributed by atoms with Gasteiger partial charge in [-0.25, -0.2) is 4.79 Å². The largest absolute Gasteiger partial charge is 0.411 e. The first-order valence-corrected chi connectivity index (χ1v) is 2.34. The molecule has 0 N–H and O–H groups in total. The van der Waals surface area contributed by atoms with Crippen molar-refractivity contribution in [3.63, 3.8) is 0 Å². The Kier molecular flexibility index (Phi) is 1.78. The van der Waals surface area contributed by atoms with Crippen molar-refractivity contribution in [2.24, 2.45) is 0 Å². The second kappa shape index (κ2) is 1.80. The third kappa shape index (κ3) is 2.60. The van der Waals surface area contributed by atoms with Crippen molar-refractivity contribution in [1.82, 2.24) is 0 Å². The maximum absolute atomic E-state index is 10.2. The van der Waals surface area contributed by atoms with Crippen molar-refractivity contribution in [2.45, 2.75) is 0 Å². The average Bonchev–Trinajstić information content (AvgIpc) is 1.31. The molecule has 0 bridgehead atoms. The minimum Gasteiger partial charge on any atom is -0.253 e. The molecule has 0 aromatic rings. The van der Waals surface area contributed by atoms with Gasteiger partial charge in [-0.2, -0.15) is 0 Å². The highest BCUT2D eigenvalue weighted by molar-refractivity contribution is 6.60. The Labute approximate surface area is 48.3 Å². The lowest BCUT2D eigenvalue weighted by Crippen LogP contribution is -2.36. The van der Waals surface area contributed by atoms with E-state index in [1.165, 1.54) is 0 Å². The van der Waals surface area contributed by atoms with Gasteiger partial charge in [0.2, 0.25) is 0 Å². The highest BCUT2D eigenvalue weighted by atomic mass is 35.5. The number of amides is 1. The Hall–Kier alpha value is -0.0800. The molecule has 0 heterocycles. The smallest absolute Gasteiger partial charge is 0.253 e. The molecule has 42 valence electrons. The molecule has 0 aromatic heterocycles. The van der Waals surface area contributed by atoms with Gasteiger partial charge in [0.05, 0.1) is 21.1 Å². The molecular formula is C4H9ClNO+. The van der Waals surface area contributed by atoms with Gasteiger partial charge in [-0.15, -0.1) is 0 Å². The zero-order valence-electron chi connectivity index (χ0n) is 4.73. The highest BCUT2D eigenvalue weighted by Crippen LogP contribution is 1.96. The number of quaternary nitrogens is 1. The average molecular weight is 123 g/mol. The van der Waals surface area contributed by atoms with Crippen LogP contribution >= 0.6 is 11.6 Å². The fourth-order valence-electron chi connectivity index (χ4n) is 0. The SMILES string of the molecule is C[N+](C)(C)C(=O)Cl. The van der Waals surface area contributed by atoms with Crippen LogP contribution in [0.15, 0.2) is 0 Å². The first kappa shape index (κ1) is 6.92. The van der Waals surface area contributed by atoms with Crippen LogP contribution in [0.5, 0.6) is 0 Å². The zero-order valence-corrected chi connectivity index (χ0v) is 5.49. The van der Waals surface area contributed by atoms with Crippen LogP contribution in [0, 0.1) is 0 Å². The predicted molar refractivity (Wildman–Crippen MR) is 29.3 cm³/mol. The standard InChI is InChI=1S/C4H9ClNO/c1-6(2,3)4(5)7/h1-3H3/q+1. The topological polar surface area (TPSA) is 17.1 Å². The van der Waals surface area contributed by atoms with E-state index in [0.717, 1.165) is 0 Å². The molecule has 0 unspecified atom stereocenters. The van der Waals surface area contributed by atoms with E-state index in [-0.39, 0.29) is 9.85 Å². The number of carbonyl (C=O) groups excluding carboxylic acids is 1. The summed E-state index contributed by atoms with van der Waals surface area (Å²) in [5.74, 6) is 0. The molecule has 0 atom stereocenters. The van der Waals surface area contributed by atoms with Gasteiger partial charge in [-0.05, 0) is 0 Å². The van der Waals surface area contributed by atoms with Gasteiger partial charge in [0, 0.05) is 11.6 Å². The van der Waals surface area contributed by atoms with E-state index in [1.807, 2.05) is 0 Å². The van der Waals surface area contributed by atoms with Crippen molar-refractivity contribution in [3.8, 4) is 0 Å². The number of halogens is 1. The van der Waals surface area contributed by atoms with E-state index >= 15 is 0 Å². The molecule has 0 spiro atoms. The zero-order chi connectivity index (χ0) is 6.08. The lowest BCUT2D eigenvalue weighted by atomic mass is 10.7. The fraction of sp³-hybridized carbons (Fsp3) is 0.750. The van der Waals surface area contributed by atoms with Crippen LogP contribution < -0.4 is 0 Å². The van der Waals surface area contributed by atoms with Gasteiger partial charge >= 0.3 is 5.37 Å². The van der Waals surface area contributed by atoms with E-state index in [1.54, 1.807) is 21.1 Å². The highest BCUT2D eigenvalue weighted by Gasteiger charge is 2.15. The molecule has 3 heteroatoms. The van der Waals surface area contributed by atoms with Crippen molar-refractivity contribution in [1.29, 1.82) is 0 Å². The number of rotatable bonds is 0. The van der Waals surface area contributed by atoms with Crippen LogP contribution in [0.1, 0.15) is 0 Å². The Morgan fingerprint density at radius 3 is 1.57 bits per heavy atom. The molecule has 1 amide bonds. The molecule has 0 saturated heterocycles. The molecule has 7 heavy (non-hydrogen) atoms. The van der Waals surface area contributed by atoms with Gasteiger partial charge in [0.1, 0.15) is 0 Å². The molecule has 0 aromatic carbocycles. The molecule has 0 saturated carbocycles. The van der Waals surface area contributed by atoms with Crippen molar-refractivity contribution < 1.29 is 9.28 Å². The first-order chi connectivity index (χ1) is 2.94. The first-order valence-electron chi connectivity index (χ1n) is 1.96. The fourth-order valence-corrected chi connectivity index (χ4v) is 0. The van der Waals surface area contributed by atoms with Crippen molar-refractivity contribution in [2.75, 3.05) is 21.1 Å². The molecule has 0 rings (SSSR count). The minimum absolute atomic E-state index is 0.182. The molecule has 0 radical (unpaired) electrons. The number of hydrogen-bond acceptors (Lipinski definition) is 1. The third-order valence-corrected chi connectivity index (χ3v) is 1.03. The number of carbonyl (C=O) groups is 1. The van der Waals surface area contributed by atoms with Gasteiger partial charge in [-0.1, -0.05) is 0 Å². The van der Waals surface area contributed by atoms with Gasteiger partial charge in [0.25, 0.3) is 0 Å². The molecule has 2 nitrogen and oxygen atoms in total. The van der Waals surface area contributed by atoms with Crippen molar-refractivity contribution in [3.05, 3.63) is 0 Å². The van der Waals surface area contributed by atoms with E-state index in [0.29, 0.717) is 0 Å². The maximum atomic E-state index is 10.2. The van der Waals surface area contributed by atoms with Gasteiger partial charge in [-0.3, -0.25) is 4.48 Å². The second-order valence-electron chi connectivity index (χ2n) is 2.27. The van der Waals surface area contributed by atoms with E-state index in [2.05, 4.69) is 0 Å². The van der Waals surface area contributed by atoms with E-state index < -0.39 is 0 Å². The minimum atomic E-state index is -0.347. The summed E-state index contributed by atoms with van der Waals surface area (Å²) in [6.45, 7) is 0. The van der Waals surface area contributed by atoms with Crippen LogP contribution in [0.3, 0.4) is 0 Å². The summed E-state index contributed by atoms with van der Waals surface area (Å²) in [5.41, 5.74) is 0. The summed E-state index contributed by atoms with van der Waals surface area (Å²) in [6, 6.07) is 0. The van der Waals surface area contributed by atoms with Crippen LogP contribution in [0.2, 0.25) is 0 Å². The summed E-state index contributed by atoms with van der Waals surface area (Å²) < 4.78 is 0.182. The molecule has 0 aliphatic rings. The van der Waals surface area contributed by atoms with Crippen LogP contribution in [0.4, 0.5) is 4.79 Å². The summed E-state index contributed by atoms with van der Waals surface area (Å²) in [4.78, 5) is 10.2. The molecule has 0 fully saturated rings. The molecular weight excluding hydrogens is 114 g/mol. The summed E-state index contributed by atoms with van der Waals surface area (Å²) >= 11 is 5.09. The summed E-state index contributed by atoms with van der Waals surface area (Å²) in [7, 11) is 5.15. The maximum Gasteiger partial charge on any atom is 0.411 e. The Bertz CT molecular complexity index is 84.2. The second-order valence-corrected chi connectivity index (χ2v) is 2.59. The summed E-state index contributed by atoms with van der Waals surface area (Å²) in [5, 5.41) is -0.347. The molecule has 0 aliphatic carbocycles. The third-order valence-electron chi connectivity index (χ3n) is 0.527. The van der Waals surface area contributed by atoms with E-state index in [9.17, 15) is 4.79 Å². The Morgan fingerprint density at radius 2 is 1.57 bits per heavy atom. The van der Waals surface area contributed by atoms with E-state index in [4.69, 9.17) is 11.6 Å². The van der Waals surface area contributed by atoms with Gasteiger partial charge in [0.15, 0.2) is 0 Å². The number of hydrogen-bond donors (Lipinski definition) is 0. The van der Waals surface area contributed by atoms with Crippen LogP contribution in [-0.4, -0.2) is 31.0 Å². The predicted octanol–water partition coefficient (Wildman–Crippen LogP) is 1.05. The van der Waals surface area contributed by atoms with Crippen molar-refractivity contribution >= 4 is 17.0 Å². The summed E-state index contributed by atoms with van der Waals surface area (Å²) in [6.07, 6.45) is 0. The molecule has 0 aliphatic heterocycles. The Balaban J connectivity index is 3.79. The van der Waals surface area contributed by atoms with Crippen LogP contribution in [0.25, 0.3) is 0 Å². The normalized spacial score (nSPS) is 11.4. The quantitative estimate of drug-likeness (QED) is 0.267. The Morgan fingerprint density at radius 1 is 1.43 bits per heavy atom. The number of nitrogens with zero attached hydrogens (tertiary/aromatic N) is 1. The van der Waals surface area contributed by atoms with Gasteiger partial charge < -0.3 is 0 Å². The monoisotopic (exact) mass is 122 g/mol.